The van der Waals surface area contributed by atoms with Crippen LogP contribution in [-0.2, 0) is 11.8 Å². The van der Waals surface area contributed by atoms with Crippen molar-refractivity contribution >= 4 is 11.8 Å². The Morgan fingerprint density at radius 3 is 2.77 bits per heavy atom. The van der Waals surface area contributed by atoms with Crippen LogP contribution in [0.4, 0.5) is 0 Å². The Bertz CT molecular complexity index is 971. The van der Waals surface area contributed by atoms with E-state index < -0.39 is 5.41 Å². The highest BCUT2D eigenvalue weighted by Gasteiger charge is 2.55. The van der Waals surface area contributed by atoms with Crippen LogP contribution in [0, 0.1) is 25.2 Å². The number of rotatable bonds is 4. The Hall–Kier alpha value is -2.64. The van der Waals surface area contributed by atoms with Gasteiger partial charge in [0.2, 0.25) is 5.91 Å². The molecule has 0 radical (unpaired) electrons. The highest BCUT2D eigenvalue weighted by atomic mass is 16.5. The number of hydrogen-bond acceptors (Lipinski definition) is 5. The quantitative estimate of drug-likeness (QED) is 0.772. The molecular formula is C22H29N5O3. The molecule has 3 fully saturated rings. The van der Waals surface area contributed by atoms with Crippen molar-refractivity contribution in [3.05, 3.63) is 35.2 Å². The first-order chi connectivity index (χ1) is 14.4. The molecular weight excluding hydrogens is 382 g/mol. The molecule has 0 unspecified atom stereocenters. The fourth-order valence-corrected chi connectivity index (χ4v) is 5.27. The van der Waals surface area contributed by atoms with Crippen molar-refractivity contribution in [3.8, 4) is 0 Å². The van der Waals surface area contributed by atoms with Crippen molar-refractivity contribution in [2.75, 3.05) is 19.6 Å². The van der Waals surface area contributed by atoms with Gasteiger partial charge in [-0.05, 0) is 51.9 Å². The minimum absolute atomic E-state index is 0.120. The minimum atomic E-state index is -0.524. The SMILES string of the molecule is Cc1noc(C)c1C(=O)N1C[C@@]2(CCCN(CC3CC3)C2=O)C[C@@H]1c1cn(C)cn1. The maximum Gasteiger partial charge on any atom is 0.259 e. The maximum atomic E-state index is 13.6. The number of amides is 2. The van der Waals surface area contributed by atoms with Crippen LogP contribution in [0.1, 0.15) is 65.7 Å². The van der Waals surface area contributed by atoms with E-state index in [4.69, 9.17) is 4.52 Å². The van der Waals surface area contributed by atoms with Gasteiger partial charge in [-0.25, -0.2) is 4.98 Å². The Kier molecular flexibility index (Phi) is 4.48. The molecule has 0 aromatic carbocycles. The van der Waals surface area contributed by atoms with Crippen molar-refractivity contribution in [3.63, 3.8) is 0 Å². The summed E-state index contributed by atoms with van der Waals surface area (Å²) >= 11 is 0. The van der Waals surface area contributed by atoms with Gasteiger partial charge in [-0.15, -0.1) is 0 Å². The molecule has 160 valence electrons. The number of aryl methyl sites for hydroxylation is 3. The Balaban J connectivity index is 1.50. The number of likely N-dealkylation sites (tertiary alicyclic amines) is 2. The summed E-state index contributed by atoms with van der Waals surface area (Å²) < 4.78 is 7.14. The van der Waals surface area contributed by atoms with E-state index in [1.165, 1.54) is 12.8 Å². The fraction of sp³-hybridized carbons (Fsp3) is 0.636. The van der Waals surface area contributed by atoms with Crippen LogP contribution < -0.4 is 0 Å². The molecule has 1 saturated carbocycles. The van der Waals surface area contributed by atoms with Crippen LogP contribution >= 0.6 is 0 Å². The number of nitrogens with zero attached hydrogens (tertiary/aromatic N) is 5. The number of imidazole rings is 1. The summed E-state index contributed by atoms with van der Waals surface area (Å²) in [6, 6.07) is -0.225. The van der Waals surface area contributed by atoms with Gasteiger partial charge in [0.25, 0.3) is 5.91 Å². The summed E-state index contributed by atoms with van der Waals surface area (Å²) in [6.45, 7) is 5.68. The van der Waals surface area contributed by atoms with Crippen LogP contribution in [0.25, 0.3) is 0 Å². The first-order valence-electron chi connectivity index (χ1n) is 10.9. The summed E-state index contributed by atoms with van der Waals surface area (Å²) in [5.74, 6) is 1.28. The van der Waals surface area contributed by atoms with E-state index in [0.29, 0.717) is 35.9 Å². The maximum absolute atomic E-state index is 13.6. The summed E-state index contributed by atoms with van der Waals surface area (Å²) in [4.78, 5) is 35.7. The summed E-state index contributed by atoms with van der Waals surface area (Å²) in [7, 11) is 1.92. The zero-order valence-electron chi connectivity index (χ0n) is 17.9. The minimum Gasteiger partial charge on any atom is -0.361 e. The van der Waals surface area contributed by atoms with Crippen molar-refractivity contribution in [1.82, 2.24) is 24.5 Å². The van der Waals surface area contributed by atoms with E-state index in [0.717, 1.165) is 31.6 Å². The summed E-state index contributed by atoms with van der Waals surface area (Å²) in [6.07, 6.45) is 8.59. The lowest BCUT2D eigenvalue weighted by atomic mass is 9.76. The van der Waals surface area contributed by atoms with Crippen LogP contribution in [0.2, 0.25) is 0 Å². The molecule has 2 aromatic heterocycles. The molecule has 8 heteroatoms. The number of aromatic nitrogens is 3. The van der Waals surface area contributed by atoms with Crippen LogP contribution in [0.15, 0.2) is 17.0 Å². The van der Waals surface area contributed by atoms with Crippen LogP contribution in [-0.4, -0.2) is 56.0 Å². The first kappa shape index (κ1) is 19.3. The van der Waals surface area contributed by atoms with E-state index in [-0.39, 0.29) is 17.9 Å². The number of piperidine rings is 1. The molecule has 4 heterocycles. The lowest BCUT2D eigenvalue weighted by Crippen LogP contribution is -2.51. The molecule has 0 N–H and O–H groups in total. The Labute approximate surface area is 176 Å². The zero-order chi connectivity index (χ0) is 21.0. The standard InChI is InChI=1S/C22H29N5O3/c1-14-19(15(2)30-24-14)20(28)27-12-22(9-18(27)17-11-25(3)13-23-17)7-4-8-26(21(22)29)10-16-5-6-16/h11,13,16,18H,4-10,12H2,1-3H3/t18-,22-/m1/s1. The first-order valence-corrected chi connectivity index (χ1v) is 10.9. The molecule has 1 spiro atoms. The molecule has 2 aromatic rings. The van der Waals surface area contributed by atoms with Gasteiger partial charge in [0.05, 0.1) is 29.2 Å². The second-order valence-electron chi connectivity index (χ2n) is 9.39. The third-order valence-corrected chi connectivity index (χ3v) is 7.01. The highest BCUT2D eigenvalue weighted by Crippen LogP contribution is 2.49. The van der Waals surface area contributed by atoms with Crippen molar-refractivity contribution < 1.29 is 14.1 Å². The van der Waals surface area contributed by atoms with E-state index in [1.54, 1.807) is 20.2 Å². The fourth-order valence-electron chi connectivity index (χ4n) is 5.27. The third-order valence-electron chi connectivity index (χ3n) is 7.01. The molecule has 3 aliphatic rings. The molecule has 2 amide bonds. The van der Waals surface area contributed by atoms with Crippen LogP contribution in [0.5, 0.6) is 0 Å². The van der Waals surface area contributed by atoms with Crippen LogP contribution in [0.3, 0.4) is 0 Å². The molecule has 2 atom stereocenters. The number of hydrogen-bond donors (Lipinski definition) is 0. The smallest absolute Gasteiger partial charge is 0.259 e. The molecule has 8 nitrogen and oxygen atoms in total. The highest BCUT2D eigenvalue weighted by molar-refractivity contribution is 5.97. The van der Waals surface area contributed by atoms with Crippen molar-refractivity contribution in [2.45, 2.75) is 52.0 Å². The lowest BCUT2D eigenvalue weighted by Gasteiger charge is -2.39. The topological polar surface area (TPSA) is 84.5 Å². The van der Waals surface area contributed by atoms with Crippen molar-refractivity contribution in [2.24, 2.45) is 18.4 Å². The van der Waals surface area contributed by atoms with E-state index in [1.807, 2.05) is 22.7 Å². The van der Waals surface area contributed by atoms with Crippen molar-refractivity contribution in [1.29, 1.82) is 0 Å². The predicted molar refractivity (Wildman–Crippen MR) is 109 cm³/mol. The molecule has 2 aliphatic heterocycles. The average Bonchev–Trinajstić information content (AvgIpc) is 3.13. The second kappa shape index (κ2) is 6.96. The van der Waals surface area contributed by atoms with E-state index in [9.17, 15) is 9.59 Å². The second-order valence-corrected chi connectivity index (χ2v) is 9.39. The molecule has 2 saturated heterocycles. The molecule has 30 heavy (non-hydrogen) atoms. The molecule has 1 aliphatic carbocycles. The van der Waals surface area contributed by atoms with Gasteiger partial charge in [0.1, 0.15) is 11.3 Å². The Morgan fingerprint density at radius 1 is 1.33 bits per heavy atom. The normalized spacial score (nSPS) is 26.8. The Morgan fingerprint density at radius 2 is 2.13 bits per heavy atom. The number of carbonyl (C=O) groups is 2. The van der Waals surface area contributed by atoms with Gasteiger partial charge < -0.3 is 18.9 Å². The monoisotopic (exact) mass is 411 g/mol. The zero-order valence-corrected chi connectivity index (χ0v) is 17.9. The molecule has 0 bridgehead atoms. The van der Waals surface area contributed by atoms with Gasteiger partial charge in [0.15, 0.2) is 0 Å². The largest absolute Gasteiger partial charge is 0.361 e. The van der Waals surface area contributed by atoms with Gasteiger partial charge >= 0.3 is 0 Å². The van der Waals surface area contributed by atoms with E-state index in [2.05, 4.69) is 15.0 Å². The van der Waals surface area contributed by atoms with Gasteiger partial charge in [-0.3, -0.25) is 9.59 Å². The molecule has 5 rings (SSSR count). The average molecular weight is 412 g/mol. The summed E-state index contributed by atoms with van der Waals surface area (Å²) in [5, 5.41) is 3.96. The van der Waals surface area contributed by atoms with Gasteiger partial charge in [0, 0.05) is 32.9 Å². The van der Waals surface area contributed by atoms with E-state index >= 15 is 0 Å². The summed E-state index contributed by atoms with van der Waals surface area (Å²) in [5.41, 5.74) is 1.40. The predicted octanol–water partition coefficient (Wildman–Crippen LogP) is 2.63. The van der Waals surface area contributed by atoms with Gasteiger partial charge in [-0.1, -0.05) is 5.16 Å². The van der Waals surface area contributed by atoms with Gasteiger partial charge in [-0.2, -0.15) is 0 Å². The lowest BCUT2D eigenvalue weighted by molar-refractivity contribution is -0.145. The third kappa shape index (κ3) is 3.13. The number of carbonyl (C=O) groups excluding carboxylic acids is 2.